The highest BCUT2D eigenvalue weighted by Gasteiger charge is 2.08. The van der Waals surface area contributed by atoms with Crippen molar-refractivity contribution in [2.24, 2.45) is 0 Å². The van der Waals surface area contributed by atoms with Crippen molar-refractivity contribution in [3.63, 3.8) is 0 Å². The number of hydrogen-bond donors (Lipinski definition) is 0. The summed E-state index contributed by atoms with van der Waals surface area (Å²) in [5, 5.41) is 0. The molecule has 3 rings (SSSR count). The van der Waals surface area contributed by atoms with Gasteiger partial charge in [-0.3, -0.25) is 0 Å². The number of rotatable bonds is 3. The Morgan fingerprint density at radius 1 is 0.818 bits per heavy atom. The lowest BCUT2D eigenvalue weighted by Crippen LogP contribution is -1.98. The molecule has 110 valence electrons. The van der Waals surface area contributed by atoms with Crippen molar-refractivity contribution in [3.8, 4) is 28.7 Å². The summed E-state index contributed by atoms with van der Waals surface area (Å²) >= 11 is 0. The van der Waals surface area contributed by atoms with E-state index in [4.69, 9.17) is 4.74 Å². The van der Waals surface area contributed by atoms with Crippen molar-refractivity contribution in [3.05, 3.63) is 59.8 Å². The highest BCUT2D eigenvalue weighted by atomic mass is 16.5. The van der Waals surface area contributed by atoms with Gasteiger partial charge in [-0.25, -0.2) is 9.97 Å². The quantitative estimate of drug-likeness (QED) is 0.736. The maximum absolute atomic E-state index is 5.21. The molecule has 22 heavy (non-hydrogen) atoms. The summed E-state index contributed by atoms with van der Waals surface area (Å²) in [4.78, 5) is 13.5. The van der Waals surface area contributed by atoms with Crippen LogP contribution in [0.15, 0.2) is 48.5 Å². The molecule has 0 radical (unpaired) electrons. The van der Waals surface area contributed by atoms with Crippen LogP contribution in [-0.4, -0.2) is 22.1 Å². The maximum atomic E-state index is 5.21. The summed E-state index contributed by atoms with van der Waals surface area (Å²) < 4.78 is 5.21. The van der Waals surface area contributed by atoms with Crippen molar-refractivity contribution in [2.75, 3.05) is 7.11 Å². The largest absolute Gasteiger partial charge is 0.481 e. The number of aromatic nitrogens is 3. The second-order valence-electron chi connectivity index (χ2n) is 5.15. The molecule has 0 saturated carbocycles. The standard InChI is InChI=1S/C18H17N3O/c1-12-7-9-14(10-8-12)15-5-4-6-16(20-15)18-19-13(2)11-17(21-18)22-3/h4-11H,1-3H3. The molecule has 0 N–H and O–H groups in total. The van der Waals surface area contributed by atoms with E-state index in [0.29, 0.717) is 11.7 Å². The first-order valence-corrected chi connectivity index (χ1v) is 7.10. The van der Waals surface area contributed by atoms with Gasteiger partial charge in [0.05, 0.1) is 12.8 Å². The molecule has 2 heterocycles. The predicted octanol–water partition coefficient (Wildman–Crippen LogP) is 3.83. The topological polar surface area (TPSA) is 47.9 Å². The molecule has 0 aliphatic carbocycles. The Morgan fingerprint density at radius 2 is 1.55 bits per heavy atom. The van der Waals surface area contributed by atoms with E-state index in [2.05, 4.69) is 46.1 Å². The van der Waals surface area contributed by atoms with E-state index in [1.54, 1.807) is 13.2 Å². The zero-order valence-electron chi connectivity index (χ0n) is 12.9. The van der Waals surface area contributed by atoms with Crippen LogP contribution in [0.5, 0.6) is 5.88 Å². The van der Waals surface area contributed by atoms with Crippen LogP contribution < -0.4 is 4.74 Å². The minimum Gasteiger partial charge on any atom is -0.481 e. The molecule has 0 atom stereocenters. The predicted molar refractivity (Wildman–Crippen MR) is 86.7 cm³/mol. The monoisotopic (exact) mass is 291 g/mol. The average Bonchev–Trinajstić information content (AvgIpc) is 2.55. The summed E-state index contributed by atoms with van der Waals surface area (Å²) in [6.45, 7) is 3.98. The minimum absolute atomic E-state index is 0.546. The van der Waals surface area contributed by atoms with E-state index < -0.39 is 0 Å². The summed E-state index contributed by atoms with van der Waals surface area (Å²) in [6.07, 6.45) is 0. The van der Waals surface area contributed by atoms with E-state index in [1.807, 2.05) is 25.1 Å². The van der Waals surface area contributed by atoms with Crippen molar-refractivity contribution in [2.45, 2.75) is 13.8 Å². The zero-order chi connectivity index (χ0) is 15.5. The van der Waals surface area contributed by atoms with Gasteiger partial charge in [-0.05, 0) is 26.0 Å². The van der Waals surface area contributed by atoms with Gasteiger partial charge in [-0.1, -0.05) is 35.9 Å². The summed E-state index contributed by atoms with van der Waals surface area (Å²) in [5.41, 5.74) is 4.80. The van der Waals surface area contributed by atoms with Crippen molar-refractivity contribution >= 4 is 0 Å². The Morgan fingerprint density at radius 3 is 2.27 bits per heavy atom. The fourth-order valence-electron chi connectivity index (χ4n) is 2.20. The third-order valence-corrected chi connectivity index (χ3v) is 3.37. The van der Waals surface area contributed by atoms with Gasteiger partial charge in [0, 0.05) is 17.3 Å². The number of aryl methyl sites for hydroxylation is 2. The second kappa shape index (κ2) is 5.93. The zero-order valence-corrected chi connectivity index (χ0v) is 12.9. The van der Waals surface area contributed by atoms with Gasteiger partial charge in [0.15, 0.2) is 5.82 Å². The number of ether oxygens (including phenoxy) is 1. The molecule has 0 bridgehead atoms. The molecule has 0 unspecified atom stereocenters. The van der Waals surface area contributed by atoms with Gasteiger partial charge in [0.25, 0.3) is 0 Å². The van der Waals surface area contributed by atoms with Crippen LogP contribution in [0.3, 0.4) is 0 Å². The van der Waals surface area contributed by atoms with Gasteiger partial charge < -0.3 is 4.74 Å². The fraction of sp³-hybridized carbons (Fsp3) is 0.167. The Kier molecular flexibility index (Phi) is 3.83. The Hall–Kier alpha value is -2.75. The summed E-state index contributed by atoms with van der Waals surface area (Å²) in [6, 6.07) is 16.0. The molecule has 4 nitrogen and oxygen atoms in total. The van der Waals surface area contributed by atoms with Crippen molar-refractivity contribution in [1.82, 2.24) is 15.0 Å². The lowest BCUT2D eigenvalue weighted by molar-refractivity contribution is 0.397. The lowest BCUT2D eigenvalue weighted by Gasteiger charge is -2.07. The normalized spacial score (nSPS) is 10.5. The van der Waals surface area contributed by atoms with E-state index in [9.17, 15) is 0 Å². The fourth-order valence-corrected chi connectivity index (χ4v) is 2.20. The van der Waals surface area contributed by atoms with E-state index in [0.717, 1.165) is 22.6 Å². The van der Waals surface area contributed by atoms with Crippen LogP contribution in [0.2, 0.25) is 0 Å². The van der Waals surface area contributed by atoms with Gasteiger partial charge >= 0.3 is 0 Å². The van der Waals surface area contributed by atoms with Gasteiger partial charge in [-0.2, -0.15) is 4.98 Å². The smallest absolute Gasteiger partial charge is 0.216 e. The number of nitrogens with zero attached hydrogens (tertiary/aromatic N) is 3. The van der Waals surface area contributed by atoms with Crippen molar-refractivity contribution in [1.29, 1.82) is 0 Å². The van der Waals surface area contributed by atoms with Crippen LogP contribution in [0, 0.1) is 13.8 Å². The van der Waals surface area contributed by atoms with Gasteiger partial charge in [0.1, 0.15) is 5.69 Å². The molecule has 0 spiro atoms. The van der Waals surface area contributed by atoms with Crippen LogP contribution >= 0.6 is 0 Å². The van der Waals surface area contributed by atoms with E-state index >= 15 is 0 Å². The summed E-state index contributed by atoms with van der Waals surface area (Å²) in [7, 11) is 1.60. The third-order valence-electron chi connectivity index (χ3n) is 3.37. The lowest BCUT2D eigenvalue weighted by atomic mass is 10.1. The minimum atomic E-state index is 0.546. The number of hydrogen-bond acceptors (Lipinski definition) is 4. The first-order valence-electron chi connectivity index (χ1n) is 7.10. The average molecular weight is 291 g/mol. The number of pyridine rings is 1. The third kappa shape index (κ3) is 2.96. The van der Waals surface area contributed by atoms with E-state index in [-0.39, 0.29) is 0 Å². The Bertz CT molecular complexity index is 798. The molecule has 1 aromatic carbocycles. The second-order valence-corrected chi connectivity index (χ2v) is 5.15. The Labute approximate surface area is 129 Å². The molecular formula is C18H17N3O. The van der Waals surface area contributed by atoms with E-state index in [1.165, 1.54) is 5.56 Å². The maximum Gasteiger partial charge on any atom is 0.216 e. The molecule has 0 aliphatic heterocycles. The van der Waals surface area contributed by atoms with Crippen LogP contribution in [0.25, 0.3) is 22.8 Å². The molecular weight excluding hydrogens is 274 g/mol. The first-order chi connectivity index (χ1) is 10.7. The molecule has 3 aromatic rings. The molecule has 4 heteroatoms. The molecule has 0 amide bonds. The van der Waals surface area contributed by atoms with Crippen LogP contribution in [-0.2, 0) is 0 Å². The van der Waals surface area contributed by atoms with Crippen molar-refractivity contribution < 1.29 is 4.74 Å². The number of methoxy groups -OCH3 is 1. The van der Waals surface area contributed by atoms with Gasteiger partial charge in [0.2, 0.25) is 5.88 Å². The van der Waals surface area contributed by atoms with Crippen LogP contribution in [0.1, 0.15) is 11.3 Å². The molecule has 2 aromatic heterocycles. The Balaban J connectivity index is 2.04. The van der Waals surface area contributed by atoms with Crippen LogP contribution in [0.4, 0.5) is 0 Å². The first kappa shape index (κ1) is 14.2. The molecule has 0 saturated heterocycles. The SMILES string of the molecule is COc1cc(C)nc(-c2cccc(-c3ccc(C)cc3)n2)n1. The highest BCUT2D eigenvalue weighted by Crippen LogP contribution is 2.22. The highest BCUT2D eigenvalue weighted by molar-refractivity contribution is 5.63. The number of benzene rings is 1. The molecule has 0 aliphatic rings. The van der Waals surface area contributed by atoms with Gasteiger partial charge in [-0.15, -0.1) is 0 Å². The molecule has 0 fully saturated rings. The summed E-state index contributed by atoms with van der Waals surface area (Å²) in [5.74, 6) is 1.12.